The van der Waals surface area contributed by atoms with Gasteiger partial charge in [0.15, 0.2) is 0 Å². The lowest BCUT2D eigenvalue weighted by atomic mass is 10.2. The molecule has 0 saturated carbocycles. The SMILES string of the molecule is COc1cc(NC(=O)C2CCCN2)ccc1NC(=O)c1cccnc1. The second-order valence-corrected chi connectivity index (χ2v) is 5.75. The highest BCUT2D eigenvalue weighted by atomic mass is 16.5. The largest absolute Gasteiger partial charge is 0.494 e. The second kappa shape index (κ2) is 7.76. The molecule has 130 valence electrons. The molecule has 1 aliphatic heterocycles. The third-order valence-corrected chi connectivity index (χ3v) is 4.02. The highest BCUT2D eigenvalue weighted by Crippen LogP contribution is 2.28. The number of aromatic nitrogens is 1. The van der Waals surface area contributed by atoms with Gasteiger partial charge in [-0.3, -0.25) is 14.6 Å². The summed E-state index contributed by atoms with van der Waals surface area (Å²) in [7, 11) is 1.51. The average Bonchev–Trinajstić information content (AvgIpc) is 3.18. The van der Waals surface area contributed by atoms with Crippen molar-refractivity contribution in [2.24, 2.45) is 0 Å². The number of nitrogens with zero attached hydrogens (tertiary/aromatic N) is 1. The predicted octanol–water partition coefficient (Wildman–Crippen LogP) is 2.03. The number of amides is 2. The van der Waals surface area contributed by atoms with E-state index in [0.29, 0.717) is 22.7 Å². The van der Waals surface area contributed by atoms with Gasteiger partial charge in [-0.15, -0.1) is 0 Å². The number of hydrogen-bond donors (Lipinski definition) is 3. The van der Waals surface area contributed by atoms with Gasteiger partial charge in [0.2, 0.25) is 5.91 Å². The first-order valence-corrected chi connectivity index (χ1v) is 8.11. The van der Waals surface area contributed by atoms with Crippen LogP contribution in [-0.4, -0.2) is 36.5 Å². The fraction of sp³-hybridized carbons (Fsp3) is 0.278. The predicted molar refractivity (Wildman–Crippen MR) is 94.8 cm³/mol. The summed E-state index contributed by atoms with van der Waals surface area (Å²) in [5.74, 6) is 0.125. The number of nitrogens with one attached hydrogen (secondary N) is 3. The second-order valence-electron chi connectivity index (χ2n) is 5.75. The van der Waals surface area contributed by atoms with E-state index in [4.69, 9.17) is 4.74 Å². The van der Waals surface area contributed by atoms with Crippen LogP contribution in [0.5, 0.6) is 5.75 Å². The normalized spacial score (nSPS) is 16.3. The van der Waals surface area contributed by atoms with Gasteiger partial charge in [0, 0.05) is 24.1 Å². The molecular weight excluding hydrogens is 320 g/mol. The molecule has 3 rings (SSSR count). The minimum Gasteiger partial charge on any atom is -0.494 e. The number of hydrogen-bond acceptors (Lipinski definition) is 5. The van der Waals surface area contributed by atoms with Crippen molar-refractivity contribution in [1.29, 1.82) is 0 Å². The van der Waals surface area contributed by atoms with Gasteiger partial charge >= 0.3 is 0 Å². The van der Waals surface area contributed by atoms with Gasteiger partial charge in [0.05, 0.1) is 24.4 Å². The van der Waals surface area contributed by atoms with Crippen molar-refractivity contribution >= 4 is 23.2 Å². The van der Waals surface area contributed by atoms with Crippen LogP contribution in [0, 0.1) is 0 Å². The number of methoxy groups -OCH3 is 1. The Morgan fingerprint density at radius 2 is 2.16 bits per heavy atom. The topological polar surface area (TPSA) is 92.4 Å². The van der Waals surface area contributed by atoms with Crippen molar-refractivity contribution in [2.45, 2.75) is 18.9 Å². The van der Waals surface area contributed by atoms with Crippen LogP contribution in [0.3, 0.4) is 0 Å². The molecule has 1 fully saturated rings. The first-order chi connectivity index (χ1) is 12.2. The number of ether oxygens (including phenoxy) is 1. The molecule has 0 bridgehead atoms. The van der Waals surface area contributed by atoms with E-state index in [-0.39, 0.29) is 17.9 Å². The molecule has 2 heterocycles. The maximum atomic E-state index is 12.2. The quantitative estimate of drug-likeness (QED) is 0.774. The molecule has 0 radical (unpaired) electrons. The van der Waals surface area contributed by atoms with Crippen LogP contribution in [0.2, 0.25) is 0 Å². The molecular formula is C18H20N4O3. The maximum absolute atomic E-state index is 12.2. The molecule has 1 aromatic carbocycles. The van der Waals surface area contributed by atoms with Crippen LogP contribution in [-0.2, 0) is 4.79 Å². The van der Waals surface area contributed by atoms with Crippen LogP contribution < -0.4 is 20.7 Å². The summed E-state index contributed by atoms with van der Waals surface area (Å²) in [6.07, 6.45) is 4.93. The molecule has 1 atom stereocenters. The van der Waals surface area contributed by atoms with Gasteiger partial charge in [-0.05, 0) is 43.7 Å². The summed E-state index contributed by atoms with van der Waals surface area (Å²) in [6.45, 7) is 0.862. The molecule has 1 aromatic heterocycles. The molecule has 1 unspecified atom stereocenters. The maximum Gasteiger partial charge on any atom is 0.257 e. The van der Waals surface area contributed by atoms with Crippen LogP contribution in [0.4, 0.5) is 11.4 Å². The van der Waals surface area contributed by atoms with Crippen molar-refractivity contribution in [1.82, 2.24) is 10.3 Å². The van der Waals surface area contributed by atoms with Crippen LogP contribution in [0.25, 0.3) is 0 Å². The van der Waals surface area contributed by atoms with Crippen molar-refractivity contribution < 1.29 is 14.3 Å². The number of anilines is 2. The molecule has 2 aromatic rings. The molecule has 0 aliphatic carbocycles. The minimum atomic E-state index is -0.279. The highest BCUT2D eigenvalue weighted by molar-refractivity contribution is 6.05. The van der Waals surface area contributed by atoms with Crippen LogP contribution >= 0.6 is 0 Å². The third-order valence-electron chi connectivity index (χ3n) is 4.02. The van der Waals surface area contributed by atoms with Gasteiger partial charge in [0.1, 0.15) is 5.75 Å². The first kappa shape index (κ1) is 16.9. The molecule has 7 nitrogen and oxygen atoms in total. The average molecular weight is 340 g/mol. The fourth-order valence-corrected chi connectivity index (χ4v) is 2.70. The highest BCUT2D eigenvalue weighted by Gasteiger charge is 2.22. The van der Waals surface area contributed by atoms with Gasteiger partial charge in [-0.2, -0.15) is 0 Å². The van der Waals surface area contributed by atoms with Crippen molar-refractivity contribution in [3.05, 3.63) is 48.3 Å². The Labute approximate surface area is 145 Å². The minimum absolute atomic E-state index is 0.0632. The number of carbonyl (C=O) groups is 2. The van der Waals surface area contributed by atoms with E-state index in [9.17, 15) is 9.59 Å². The van der Waals surface area contributed by atoms with Crippen LogP contribution in [0.1, 0.15) is 23.2 Å². The summed E-state index contributed by atoms with van der Waals surface area (Å²) < 4.78 is 5.33. The molecule has 1 aliphatic rings. The summed E-state index contributed by atoms with van der Waals surface area (Å²) in [4.78, 5) is 28.3. The third kappa shape index (κ3) is 4.13. The molecule has 7 heteroatoms. The Kier molecular flexibility index (Phi) is 5.25. The van der Waals surface area contributed by atoms with E-state index >= 15 is 0 Å². The lowest BCUT2D eigenvalue weighted by molar-refractivity contribution is -0.117. The standard InChI is InChI=1S/C18H20N4O3/c1-25-16-10-13(21-18(24)15-5-3-9-20-15)6-7-14(16)22-17(23)12-4-2-8-19-11-12/h2,4,6-8,10-11,15,20H,3,5,9H2,1H3,(H,21,24)(H,22,23). The Morgan fingerprint density at radius 1 is 1.28 bits per heavy atom. The summed E-state index contributed by atoms with van der Waals surface area (Å²) in [6, 6.07) is 8.33. The zero-order chi connectivity index (χ0) is 17.6. The number of pyridine rings is 1. The molecule has 1 saturated heterocycles. The Bertz CT molecular complexity index is 758. The molecule has 0 spiro atoms. The molecule has 3 N–H and O–H groups in total. The van der Waals surface area contributed by atoms with Crippen molar-refractivity contribution in [3.63, 3.8) is 0 Å². The summed E-state index contributed by atoms with van der Waals surface area (Å²) in [5.41, 5.74) is 1.59. The van der Waals surface area contributed by atoms with Gasteiger partial charge < -0.3 is 20.7 Å². The van der Waals surface area contributed by atoms with E-state index < -0.39 is 0 Å². The van der Waals surface area contributed by atoms with E-state index in [1.807, 2.05) is 0 Å². The Balaban J connectivity index is 1.71. The van der Waals surface area contributed by atoms with E-state index in [2.05, 4.69) is 20.9 Å². The number of carbonyl (C=O) groups excluding carboxylic acids is 2. The van der Waals surface area contributed by atoms with E-state index in [1.54, 1.807) is 36.5 Å². The number of benzene rings is 1. The van der Waals surface area contributed by atoms with Crippen molar-refractivity contribution in [2.75, 3.05) is 24.3 Å². The van der Waals surface area contributed by atoms with Gasteiger partial charge in [0.25, 0.3) is 5.91 Å². The zero-order valence-corrected chi connectivity index (χ0v) is 13.9. The van der Waals surface area contributed by atoms with Crippen molar-refractivity contribution in [3.8, 4) is 5.75 Å². The van der Waals surface area contributed by atoms with Crippen LogP contribution in [0.15, 0.2) is 42.7 Å². The van der Waals surface area contributed by atoms with Gasteiger partial charge in [-0.25, -0.2) is 0 Å². The lowest BCUT2D eigenvalue weighted by Gasteiger charge is -2.14. The Hall–Kier alpha value is -2.93. The Morgan fingerprint density at radius 3 is 2.84 bits per heavy atom. The summed E-state index contributed by atoms with van der Waals surface area (Å²) >= 11 is 0. The van der Waals surface area contributed by atoms with E-state index in [1.165, 1.54) is 13.3 Å². The monoisotopic (exact) mass is 340 g/mol. The number of rotatable bonds is 5. The first-order valence-electron chi connectivity index (χ1n) is 8.11. The van der Waals surface area contributed by atoms with E-state index in [0.717, 1.165) is 19.4 Å². The summed E-state index contributed by atoms with van der Waals surface area (Å²) in [5, 5.41) is 8.81. The fourth-order valence-electron chi connectivity index (χ4n) is 2.70. The molecule has 25 heavy (non-hydrogen) atoms. The smallest absolute Gasteiger partial charge is 0.257 e. The van der Waals surface area contributed by atoms with Gasteiger partial charge in [-0.1, -0.05) is 0 Å². The zero-order valence-electron chi connectivity index (χ0n) is 13.9. The molecule has 2 amide bonds. The lowest BCUT2D eigenvalue weighted by Crippen LogP contribution is -2.35.